The number of hydrogen-bond donors (Lipinski definition) is 4. The molecule has 1 aliphatic heterocycles. The largest absolute Gasteiger partial charge is 0.492 e. The zero-order valence-corrected chi connectivity index (χ0v) is 22.7. The summed E-state index contributed by atoms with van der Waals surface area (Å²) in [6, 6.07) is 10.2. The molecule has 0 aliphatic carbocycles. The molecular formula is C26H35N3O9S. The van der Waals surface area contributed by atoms with Crippen molar-refractivity contribution < 1.29 is 42.4 Å². The van der Waals surface area contributed by atoms with Gasteiger partial charge in [0, 0.05) is 25.7 Å². The number of benzene rings is 2. The Morgan fingerprint density at radius 2 is 1.85 bits per heavy atom. The molecule has 3 rings (SSSR count). The van der Waals surface area contributed by atoms with Crippen molar-refractivity contribution in [2.24, 2.45) is 5.92 Å². The van der Waals surface area contributed by atoms with Crippen LogP contribution >= 0.6 is 0 Å². The Labute approximate surface area is 227 Å². The normalized spacial score (nSPS) is 14.3. The lowest BCUT2D eigenvalue weighted by Crippen LogP contribution is -2.50. The molecule has 2 aromatic carbocycles. The molecule has 0 spiro atoms. The van der Waals surface area contributed by atoms with Crippen LogP contribution in [0.25, 0.3) is 0 Å². The molecule has 2 aromatic rings. The van der Waals surface area contributed by atoms with Gasteiger partial charge in [-0.05, 0) is 42.2 Å². The van der Waals surface area contributed by atoms with E-state index in [-0.39, 0.29) is 43.7 Å². The molecule has 0 aromatic heterocycles. The fourth-order valence-corrected chi connectivity index (χ4v) is 5.66. The molecule has 1 heterocycles. The van der Waals surface area contributed by atoms with E-state index in [1.165, 1.54) is 18.2 Å². The van der Waals surface area contributed by atoms with Gasteiger partial charge in [-0.2, -0.15) is 4.31 Å². The summed E-state index contributed by atoms with van der Waals surface area (Å²) in [6.45, 7) is 4.60. The SMILES string of the molecule is CC(C)CN(C[C@H](O)[C@H](Cc1ccc(OCCNCC=O)cc1)NC(=O)O)S(=O)(=O)c1ccc2c(c1)OCO2. The van der Waals surface area contributed by atoms with Crippen molar-refractivity contribution in [1.29, 1.82) is 0 Å². The van der Waals surface area contributed by atoms with Gasteiger partial charge in [-0.25, -0.2) is 13.2 Å². The molecule has 39 heavy (non-hydrogen) atoms. The topological polar surface area (TPSA) is 164 Å². The molecular weight excluding hydrogens is 530 g/mol. The Bertz CT molecular complexity index is 1210. The van der Waals surface area contributed by atoms with Crippen LogP contribution in [0.4, 0.5) is 4.79 Å². The van der Waals surface area contributed by atoms with E-state index >= 15 is 0 Å². The molecule has 2 atom stereocenters. The minimum Gasteiger partial charge on any atom is -0.492 e. The second-order valence-corrected chi connectivity index (χ2v) is 11.4. The molecule has 4 N–H and O–H groups in total. The van der Waals surface area contributed by atoms with Gasteiger partial charge >= 0.3 is 6.09 Å². The maximum absolute atomic E-state index is 13.5. The number of carbonyl (C=O) groups excluding carboxylic acids is 1. The quantitative estimate of drug-likeness (QED) is 0.173. The number of fused-ring (bicyclic) bond motifs is 1. The van der Waals surface area contributed by atoms with E-state index in [9.17, 15) is 28.2 Å². The minimum absolute atomic E-state index is 0.00150. The highest BCUT2D eigenvalue weighted by Crippen LogP contribution is 2.34. The number of carbonyl (C=O) groups is 2. The summed E-state index contributed by atoms with van der Waals surface area (Å²) in [4.78, 5) is 21.8. The summed E-state index contributed by atoms with van der Waals surface area (Å²) in [5, 5.41) is 25.7. The molecule has 1 amide bonds. The number of amides is 1. The molecule has 0 bridgehead atoms. The van der Waals surface area contributed by atoms with Gasteiger partial charge < -0.3 is 39.9 Å². The lowest BCUT2D eigenvalue weighted by atomic mass is 10.0. The number of carboxylic acid groups (broad SMARTS) is 1. The summed E-state index contributed by atoms with van der Waals surface area (Å²) in [7, 11) is -4.05. The zero-order valence-electron chi connectivity index (χ0n) is 21.9. The lowest BCUT2D eigenvalue weighted by Gasteiger charge is -2.30. The fourth-order valence-electron chi connectivity index (χ4n) is 4.02. The molecule has 13 heteroatoms. The van der Waals surface area contributed by atoms with Gasteiger partial charge in [-0.1, -0.05) is 26.0 Å². The Morgan fingerprint density at radius 3 is 2.51 bits per heavy atom. The first kappa shape index (κ1) is 30.2. The molecule has 0 unspecified atom stereocenters. The maximum atomic E-state index is 13.5. The third-order valence-electron chi connectivity index (χ3n) is 5.87. The Kier molecular flexibility index (Phi) is 10.9. The average Bonchev–Trinajstić information content (AvgIpc) is 3.36. The van der Waals surface area contributed by atoms with Crippen molar-refractivity contribution in [1.82, 2.24) is 14.9 Å². The number of ether oxygens (including phenoxy) is 3. The van der Waals surface area contributed by atoms with Crippen LogP contribution in [0.15, 0.2) is 47.4 Å². The van der Waals surface area contributed by atoms with E-state index in [1.807, 2.05) is 13.8 Å². The second-order valence-electron chi connectivity index (χ2n) is 9.42. The number of aliphatic hydroxyl groups is 1. The Hall–Kier alpha value is -3.39. The van der Waals surface area contributed by atoms with Crippen molar-refractivity contribution in [2.75, 3.05) is 39.6 Å². The van der Waals surface area contributed by atoms with Crippen LogP contribution in [0.5, 0.6) is 17.2 Å². The van der Waals surface area contributed by atoms with Crippen LogP contribution in [-0.2, 0) is 21.2 Å². The van der Waals surface area contributed by atoms with Crippen molar-refractivity contribution >= 4 is 22.4 Å². The second kappa shape index (κ2) is 14.1. The van der Waals surface area contributed by atoms with Crippen LogP contribution in [0, 0.1) is 5.92 Å². The van der Waals surface area contributed by atoms with Crippen molar-refractivity contribution in [3.05, 3.63) is 48.0 Å². The summed E-state index contributed by atoms with van der Waals surface area (Å²) >= 11 is 0. The standard InChI is InChI=1S/C26H35N3O9S/c1-18(2)15-29(39(34,35)21-7-8-24-25(14-21)38-17-37-24)16-23(31)22(28-26(32)33)13-19-3-5-20(6-4-19)36-12-10-27-9-11-30/h3-8,11,14,18,22-23,27-28,31H,9-10,12-13,15-17H2,1-2H3,(H,32,33)/t22-,23-/m0/s1. The van der Waals surface area contributed by atoms with Gasteiger partial charge in [0.1, 0.15) is 18.6 Å². The van der Waals surface area contributed by atoms with Gasteiger partial charge in [-0.15, -0.1) is 0 Å². The first-order valence-corrected chi connectivity index (χ1v) is 14.0. The van der Waals surface area contributed by atoms with E-state index in [0.717, 1.165) is 10.6 Å². The molecule has 0 saturated carbocycles. The first-order chi connectivity index (χ1) is 18.6. The van der Waals surface area contributed by atoms with E-state index < -0.39 is 28.3 Å². The number of sulfonamides is 1. The molecule has 0 fully saturated rings. The summed E-state index contributed by atoms with van der Waals surface area (Å²) in [5.74, 6) is 1.29. The van der Waals surface area contributed by atoms with Crippen LogP contribution in [-0.4, -0.2) is 87.0 Å². The average molecular weight is 566 g/mol. The Morgan fingerprint density at radius 1 is 1.13 bits per heavy atom. The van der Waals surface area contributed by atoms with Gasteiger partial charge in [0.05, 0.1) is 23.6 Å². The molecule has 214 valence electrons. The third kappa shape index (κ3) is 8.82. The number of nitrogens with one attached hydrogen (secondary N) is 2. The zero-order chi connectivity index (χ0) is 28.4. The predicted molar refractivity (Wildman–Crippen MR) is 142 cm³/mol. The number of hydrogen-bond acceptors (Lipinski definition) is 9. The van der Waals surface area contributed by atoms with Crippen molar-refractivity contribution in [3.63, 3.8) is 0 Å². The van der Waals surface area contributed by atoms with Crippen LogP contribution in [0.1, 0.15) is 19.4 Å². The summed E-state index contributed by atoms with van der Waals surface area (Å²) in [5.41, 5.74) is 0.716. The minimum atomic E-state index is -4.05. The highest BCUT2D eigenvalue weighted by molar-refractivity contribution is 7.89. The number of rotatable bonds is 16. The summed E-state index contributed by atoms with van der Waals surface area (Å²) < 4.78 is 44.4. The first-order valence-electron chi connectivity index (χ1n) is 12.5. The van der Waals surface area contributed by atoms with E-state index in [2.05, 4.69) is 10.6 Å². The summed E-state index contributed by atoms with van der Waals surface area (Å²) in [6.07, 6.45) is -1.80. The van der Waals surface area contributed by atoms with Gasteiger partial charge in [0.2, 0.25) is 16.8 Å². The number of aliphatic hydroxyl groups excluding tert-OH is 1. The fraction of sp³-hybridized carbons (Fsp3) is 0.462. The van der Waals surface area contributed by atoms with E-state index in [4.69, 9.17) is 14.2 Å². The van der Waals surface area contributed by atoms with Crippen molar-refractivity contribution in [3.8, 4) is 17.2 Å². The number of aldehydes is 1. The molecule has 0 radical (unpaired) electrons. The number of nitrogens with zero attached hydrogens (tertiary/aromatic N) is 1. The van der Waals surface area contributed by atoms with Gasteiger partial charge in [0.15, 0.2) is 11.5 Å². The van der Waals surface area contributed by atoms with E-state index in [1.54, 1.807) is 24.3 Å². The van der Waals surface area contributed by atoms with Crippen molar-refractivity contribution in [2.45, 2.75) is 37.3 Å². The monoisotopic (exact) mass is 565 g/mol. The highest BCUT2D eigenvalue weighted by Gasteiger charge is 2.32. The third-order valence-corrected chi connectivity index (χ3v) is 7.70. The maximum Gasteiger partial charge on any atom is 0.404 e. The van der Waals surface area contributed by atoms with Gasteiger partial charge in [0.25, 0.3) is 0 Å². The van der Waals surface area contributed by atoms with Gasteiger partial charge in [-0.3, -0.25) is 0 Å². The molecule has 0 saturated heterocycles. The highest BCUT2D eigenvalue weighted by atomic mass is 32.2. The lowest BCUT2D eigenvalue weighted by molar-refractivity contribution is -0.107. The molecule has 1 aliphatic rings. The predicted octanol–water partition coefficient (Wildman–Crippen LogP) is 1.47. The van der Waals surface area contributed by atoms with Crippen LogP contribution < -0.4 is 24.8 Å². The Balaban J connectivity index is 1.72. The molecule has 12 nitrogen and oxygen atoms in total. The van der Waals surface area contributed by atoms with Crippen LogP contribution in [0.2, 0.25) is 0 Å². The smallest absolute Gasteiger partial charge is 0.404 e. The van der Waals surface area contributed by atoms with Crippen LogP contribution in [0.3, 0.4) is 0 Å². The van der Waals surface area contributed by atoms with E-state index in [0.29, 0.717) is 36.0 Å².